The van der Waals surface area contributed by atoms with Gasteiger partial charge >= 0.3 is 0 Å². The largest absolute Gasteiger partial charge is 0.329 e. The molecule has 3 aromatic rings. The quantitative estimate of drug-likeness (QED) is 0.575. The zero-order valence-corrected chi connectivity index (χ0v) is 17.4. The van der Waals surface area contributed by atoms with E-state index in [1.807, 2.05) is 61.9 Å². The molecule has 0 N–H and O–H groups in total. The summed E-state index contributed by atoms with van der Waals surface area (Å²) < 4.78 is 30.1. The van der Waals surface area contributed by atoms with Gasteiger partial charge in [-0.05, 0) is 30.5 Å². The lowest BCUT2D eigenvalue weighted by Gasteiger charge is -2.24. The van der Waals surface area contributed by atoms with Crippen LogP contribution in [0.1, 0.15) is 30.8 Å². The number of sulfonamides is 1. The van der Waals surface area contributed by atoms with Crippen LogP contribution in [0.15, 0.2) is 71.9 Å². The van der Waals surface area contributed by atoms with E-state index in [0.29, 0.717) is 18.0 Å². The van der Waals surface area contributed by atoms with Gasteiger partial charge in [0.25, 0.3) is 0 Å². The van der Waals surface area contributed by atoms with Crippen molar-refractivity contribution in [3.63, 3.8) is 0 Å². The number of aryl methyl sites for hydroxylation is 1. The molecule has 0 unspecified atom stereocenters. The maximum absolute atomic E-state index is 13.3. The predicted octanol–water partition coefficient (Wildman–Crippen LogP) is 4.09. The van der Waals surface area contributed by atoms with Crippen LogP contribution in [0, 0.1) is 12.8 Å². The fourth-order valence-electron chi connectivity index (χ4n) is 3.09. The normalized spacial score (nSPS) is 12.0. The zero-order chi connectivity index (χ0) is 20.1. The minimum atomic E-state index is -3.60. The van der Waals surface area contributed by atoms with Crippen LogP contribution >= 0.6 is 0 Å². The van der Waals surface area contributed by atoms with Gasteiger partial charge in [0.05, 0.1) is 11.4 Å². The van der Waals surface area contributed by atoms with Gasteiger partial charge < -0.3 is 4.57 Å². The first-order valence-electron chi connectivity index (χ1n) is 9.47. The highest BCUT2D eigenvalue weighted by Gasteiger charge is 2.26. The van der Waals surface area contributed by atoms with E-state index in [2.05, 4.69) is 17.1 Å². The van der Waals surface area contributed by atoms with Gasteiger partial charge in [-0.2, -0.15) is 4.31 Å². The molecule has 0 fully saturated rings. The standard InChI is InChI=1S/C22H27N3O2S/c1-18(2)15-25(28(26,27)21-11-9-19(3)10-12-21)17-22-23-13-14-24(22)16-20-7-5-4-6-8-20/h4-14,18H,15-17H2,1-3H3. The Balaban J connectivity index is 1.88. The number of imidazole rings is 1. The summed E-state index contributed by atoms with van der Waals surface area (Å²) in [5.41, 5.74) is 2.19. The molecule has 0 saturated heterocycles. The fourth-order valence-corrected chi connectivity index (χ4v) is 4.65. The summed E-state index contributed by atoms with van der Waals surface area (Å²) >= 11 is 0. The lowest BCUT2D eigenvalue weighted by atomic mass is 10.2. The summed E-state index contributed by atoms with van der Waals surface area (Å²) in [6.07, 6.45) is 3.62. The number of hydrogen-bond acceptors (Lipinski definition) is 3. The van der Waals surface area contributed by atoms with Crippen LogP contribution in [0.2, 0.25) is 0 Å². The smallest absolute Gasteiger partial charge is 0.243 e. The molecule has 1 aromatic heterocycles. The van der Waals surface area contributed by atoms with Crippen molar-refractivity contribution in [2.75, 3.05) is 6.54 Å². The molecule has 1 heterocycles. The molecule has 28 heavy (non-hydrogen) atoms. The molecule has 0 spiro atoms. The van der Waals surface area contributed by atoms with Crippen molar-refractivity contribution in [2.45, 2.75) is 38.8 Å². The number of hydrogen-bond donors (Lipinski definition) is 0. The molecular weight excluding hydrogens is 370 g/mol. The number of rotatable bonds is 8. The molecule has 0 aliphatic heterocycles. The van der Waals surface area contributed by atoms with Crippen LogP contribution in [0.4, 0.5) is 0 Å². The van der Waals surface area contributed by atoms with Crippen molar-refractivity contribution in [1.82, 2.24) is 13.9 Å². The molecule has 3 rings (SSSR count). The third kappa shape index (κ3) is 4.88. The third-order valence-corrected chi connectivity index (χ3v) is 6.37. The molecule has 2 aromatic carbocycles. The highest BCUT2D eigenvalue weighted by atomic mass is 32.2. The molecule has 0 radical (unpaired) electrons. The SMILES string of the molecule is Cc1ccc(S(=O)(=O)N(Cc2nccn2Cc2ccccc2)CC(C)C)cc1. The van der Waals surface area contributed by atoms with Crippen LogP contribution in [-0.4, -0.2) is 28.8 Å². The Morgan fingerprint density at radius 2 is 1.71 bits per heavy atom. The minimum absolute atomic E-state index is 0.206. The summed E-state index contributed by atoms with van der Waals surface area (Å²) in [5, 5.41) is 0. The Bertz CT molecular complexity index is 994. The first kappa shape index (κ1) is 20.3. The number of nitrogens with zero attached hydrogens (tertiary/aromatic N) is 3. The van der Waals surface area contributed by atoms with E-state index in [0.717, 1.165) is 17.0 Å². The fraction of sp³-hybridized carbons (Fsp3) is 0.318. The van der Waals surface area contributed by atoms with Gasteiger partial charge in [0, 0.05) is 25.5 Å². The summed E-state index contributed by atoms with van der Waals surface area (Å²) in [4.78, 5) is 4.76. The van der Waals surface area contributed by atoms with Crippen LogP contribution in [0.3, 0.4) is 0 Å². The molecule has 0 aliphatic carbocycles. The van der Waals surface area contributed by atoms with Crippen LogP contribution in [0.5, 0.6) is 0 Å². The summed E-state index contributed by atoms with van der Waals surface area (Å²) in [7, 11) is -3.60. The summed E-state index contributed by atoms with van der Waals surface area (Å²) in [5.74, 6) is 0.943. The molecule has 148 valence electrons. The zero-order valence-electron chi connectivity index (χ0n) is 16.6. The second-order valence-corrected chi connectivity index (χ2v) is 9.40. The highest BCUT2D eigenvalue weighted by molar-refractivity contribution is 7.89. The van der Waals surface area contributed by atoms with E-state index in [-0.39, 0.29) is 12.5 Å². The number of aromatic nitrogens is 2. The Kier molecular flexibility index (Phi) is 6.31. The lowest BCUT2D eigenvalue weighted by Crippen LogP contribution is -2.34. The van der Waals surface area contributed by atoms with E-state index in [9.17, 15) is 8.42 Å². The average Bonchev–Trinajstić information content (AvgIpc) is 3.09. The highest BCUT2D eigenvalue weighted by Crippen LogP contribution is 2.20. The van der Waals surface area contributed by atoms with Crippen molar-refractivity contribution in [2.24, 2.45) is 5.92 Å². The van der Waals surface area contributed by atoms with Gasteiger partial charge in [-0.15, -0.1) is 0 Å². The van der Waals surface area contributed by atoms with Crippen molar-refractivity contribution >= 4 is 10.0 Å². The van der Waals surface area contributed by atoms with E-state index in [1.165, 1.54) is 4.31 Å². The summed E-state index contributed by atoms with van der Waals surface area (Å²) in [6.45, 7) is 7.34. The molecule has 0 saturated carbocycles. The van der Waals surface area contributed by atoms with Gasteiger partial charge in [0.2, 0.25) is 10.0 Å². The van der Waals surface area contributed by atoms with E-state index >= 15 is 0 Å². The lowest BCUT2D eigenvalue weighted by molar-refractivity contribution is 0.351. The molecule has 0 amide bonds. The van der Waals surface area contributed by atoms with Gasteiger partial charge in [-0.25, -0.2) is 13.4 Å². The molecule has 0 aliphatic rings. The topological polar surface area (TPSA) is 55.2 Å². The van der Waals surface area contributed by atoms with Crippen molar-refractivity contribution in [3.8, 4) is 0 Å². The van der Waals surface area contributed by atoms with E-state index < -0.39 is 10.0 Å². The van der Waals surface area contributed by atoms with Gasteiger partial charge in [0.1, 0.15) is 5.82 Å². The molecule has 6 heteroatoms. The monoisotopic (exact) mass is 397 g/mol. The average molecular weight is 398 g/mol. The first-order chi connectivity index (χ1) is 13.4. The molecule has 0 atom stereocenters. The Morgan fingerprint density at radius 1 is 1.04 bits per heavy atom. The van der Waals surface area contributed by atoms with Crippen molar-refractivity contribution in [3.05, 3.63) is 83.9 Å². The molecule has 0 bridgehead atoms. The maximum atomic E-state index is 13.3. The second kappa shape index (κ2) is 8.71. The molecule has 5 nitrogen and oxygen atoms in total. The van der Waals surface area contributed by atoms with Gasteiger partial charge in [0.15, 0.2) is 0 Å². The number of benzene rings is 2. The van der Waals surface area contributed by atoms with Crippen LogP contribution in [-0.2, 0) is 23.1 Å². The van der Waals surface area contributed by atoms with E-state index in [4.69, 9.17) is 0 Å². The van der Waals surface area contributed by atoms with Crippen molar-refractivity contribution in [1.29, 1.82) is 0 Å². The first-order valence-corrected chi connectivity index (χ1v) is 10.9. The third-order valence-electron chi connectivity index (χ3n) is 4.54. The maximum Gasteiger partial charge on any atom is 0.243 e. The Morgan fingerprint density at radius 3 is 2.36 bits per heavy atom. The van der Waals surface area contributed by atoms with E-state index in [1.54, 1.807) is 18.3 Å². The minimum Gasteiger partial charge on any atom is -0.329 e. The predicted molar refractivity (Wildman–Crippen MR) is 111 cm³/mol. The van der Waals surface area contributed by atoms with Crippen LogP contribution in [0.25, 0.3) is 0 Å². The van der Waals surface area contributed by atoms with Crippen molar-refractivity contribution < 1.29 is 8.42 Å². The van der Waals surface area contributed by atoms with Gasteiger partial charge in [-0.1, -0.05) is 61.9 Å². The second-order valence-electron chi connectivity index (χ2n) is 7.46. The van der Waals surface area contributed by atoms with Crippen LogP contribution < -0.4 is 0 Å². The Hall–Kier alpha value is -2.44. The summed E-state index contributed by atoms with van der Waals surface area (Å²) in [6, 6.07) is 17.1. The molecular formula is C22H27N3O2S. The Labute approximate surface area is 167 Å². The van der Waals surface area contributed by atoms with Gasteiger partial charge in [-0.3, -0.25) is 0 Å².